The normalized spacial score (nSPS) is 22.3. The molecule has 26 heavy (non-hydrogen) atoms. The van der Waals surface area contributed by atoms with Crippen molar-refractivity contribution >= 4 is 11.3 Å². The number of rotatable bonds is 2. The van der Waals surface area contributed by atoms with Gasteiger partial charge in [-0.3, -0.25) is 4.90 Å². The molecule has 4 heteroatoms. The van der Waals surface area contributed by atoms with Crippen molar-refractivity contribution < 1.29 is 9.13 Å². The molecule has 1 atom stereocenters. The van der Waals surface area contributed by atoms with Gasteiger partial charge in [-0.15, -0.1) is 0 Å². The maximum Gasteiger partial charge on any atom is 0.131 e. The Hall–Kier alpha value is -2.17. The second-order valence-corrected chi connectivity index (χ2v) is 7.44. The summed E-state index contributed by atoms with van der Waals surface area (Å²) >= 11 is 0. The molecule has 2 heterocycles. The molecule has 1 aliphatic carbocycles. The van der Waals surface area contributed by atoms with Crippen molar-refractivity contribution in [3.63, 3.8) is 0 Å². The molecule has 2 aliphatic heterocycles. The van der Waals surface area contributed by atoms with E-state index >= 15 is 0 Å². The number of halogens is 1. The Kier molecular flexibility index (Phi) is 4.03. The average molecular weight is 350 g/mol. The summed E-state index contributed by atoms with van der Waals surface area (Å²) in [7, 11) is 0. The molecule has 0 spiro atoms. The number of hydrogen-bond donors (Lipinski definition) is 1. The van der Waals surface area contributed by atoms with E-state index in [1.54, 1.807) is 12.1 Å². The third-order valence-electron chi connectivity index (χ3n) is 5.70. The minimum atomic E-state index is -0.198. The molecule has 0 radical (unpaired) electrons. The zero-order valence-corrected chi connectivity index (χ0v) is 14.8. The van der Waals surface area contributed by atoms with Gasteiger partial charge in [0.05, 0.1) is 0 Å². The lowest BCUT2D eigenvalue weighted by atomic mass is 9.95. The highest BCUT2D eigenvalue weighted by Crippen LogP contribution is 2.44. The van der Waals surface area contributed by atoms with Gasteiger partial charge < -0.3 is 10.1 Å². The zero-order valence-electron chi connectivity index (χ0n) is 14.8. The molecule has 3 nitrogen and oxygen atoms in total. The number of fused-ring (bicyclic) bond motifs is 4. The van der Waals surface area contributed by atoms with Gasteiger partial charge in [-0.05, 0) is 35.2 Å². The van der Waals surface area contributed by atoms with Gasteiger partial charge in [0.25, 0.3) is 0 Å². The summed E-state index contributed by atoms with van der Waals surface area (Å²) in [6, 6.07) is 13.6. The van der Waals surface area contributed by atoms with Crippen LogP contribution in [0.2, 0.25) is 0 Å². The molecule has 2 aromatic rings. The third kappa shape index (κ3) is 2.83. The highest BCUT2D eigenvalue weighted by atomic mass is 19.1. The molecule has 1 fully saturated rings. The van der Waals surface area contributed by atoms with Crippen LogP contribution in [0.5, 0.6) is 0 Å². The van der Waals surface area contributed by atoms with Crippen molar-refractivity contribution in [2.45, 2.75) is 18.9 Å². The second kappa shape index (κ2) is 6.53. The number of piperazine rings is 1. The van der Waals surface area contributed by atoms with Crippen molar-refractivity contribution in [3.05, 3.63) is 70.5 Å². The van der Waals surface area contributed by atoms with Crippen LogP contribution in [0.25, 0.3) is 11.3 Å². The van der Waals surface area contributed by atoms with Gasteiger partial charge in [0, 0.05) is 50.3 Å². The van der Waals surface area contributed by atoms with Crippen LogP contribution in [0.3, 0.4) is 0 Å². The quantitative estimate of drug-likeness (QED) is 0.899. The summed E-state index contributed by atoms with van der Waals surface area (Å²) in [6.07, 6.45) is 1.86. The van der Waals surface area contributed by atoms with E-state index in [9.17, 15) is 4.39 Å². The van der Waals surface area contributed by atoms with Crippen LogP contribution in [0.4, 0.5) is 4.39 Å². The summed E-state index contributed by atoms with van der Waals surface area (Å²) in [5, 5.41) is 3.40. The Morgan fingerprint density at radius 1 is 1.04 bits per heavy atom. The molecular formula is C22H23FN2O. The van der Waals surface area contributed by atoms with E-state index in [1.807, 2.05) is 6.07 Å². The van der Waals surface area contributed by atoms with E-state index in [-0.39, 0.29) is 11.9 Å². The monoisotopic (exact) mass is 350 g/mol. The van der Waals surface area contributed by atoms with E-state index in [2.05, 4.69) is 34.5 Å². The first kappa shape index (κ1) is 16.0. The highest BCUT2D eigenvalue weighted by molar-refractivity contribution is 5.93. The first-order chi connectivity index (χ1) is 12.8. The fourth-order valence-electron chi connectivity index (χ4n) is 4.43. The largest absolute Gasteiger partial charge is 0.488 e. The fraction of sp³-hybridized carbons (Fsp3) is 0.364. The Morgan fingerprint density at radius 3 is 2.73 bits per heavy atom. The topological polar surface area (TPSA) is 24.5 Å². The van der Waals surface area contributed by atoms with Gasteiger partial charge in [0.2, 0.25) is 0 Å². The fourth-order valence-corrected chi connectivity index (χ4v) is 4.43. The second-order valence-electron chi connectivity index (χ2n) is 7.44. The van der Waals surface area contributed by atoms with Crippen LogP contribution < -0.4 is 5.32 Å². The lowest BCUT2D eigenvalue weighted by Crippen LogP contribution is -2.46. The summed E-state index contributed by atoms with van der Waals surface area (Å²) < 4.78 is 20.4. The summed E-state index contributed by atoms with van der Waals surface area (Å²) in [4.78, 5) is 2.46. The van der Waals surface area contributed by atoms with Gasteiger partial charge in [-0.1, -0.05) is 30.3 Å². The van der Waals surface area contributed by atoms with Gasteiger partial charge in [0.15, 0.2) is 0 Å². The minimum absolute atomic E-state index is 0.139. The molecule has 3 aliphatic rings. The van der Waals surface area contributed by atoms with Crippen LogP contribution in [-0.2, 0) is 11.2 Å². The number of nitrogens with zero attached hydrogens (tertiary/aromatic N) is 1. The SMILES string of the molecule is Fc1ccc2c(c1)C1=C(CC(CN3CCNCC3)O1)c1ccccc1C2. The van der Waals surface area contributed by atoms with E-state index in [0.717, 1.165) is 62.5 Å². The summed E-state index contributed by atoms with van der Waals surface area (Å²) in [5.41, 5.74) is 5.88. The minimum Gasteiger partial charge on any atom is -0.488 e. The molecule has 1 saturated heterocycles. The summed E-state index contributed by atoms with van der Waals surface area (Å²) in [5.74, 6) is 0.695. The summed E-state index contributed by atoms with van der Waals surface area (Å²) in [6.45, 7) is 5.13. The number of hydrogen-bond acceptors (Lipinski definition) is 3. The van der Waals surface area contributed by atoms with Crippen LogP contribution in [-0.4, -0.2) is 43.7 Å². The van der Waals surface area contributed by atoms with Crippen LogP contribution >= 0.6 is 0 Å². The van der Waals surface area contributed by atoms with Gasteiger partial charge in [-0.2, -0.15) is 0 Å². The Morgan fingerprint density at radius 2 is 1.85 bits per heavy atom. The number of nitrogens with one attached hydrogen (secondary N) is 1. The van der Waals surface area contributed by atoms with Crippen LogP contribution in [0, 0.1) is 5.82 Å². The molecule has 0 saturated carbocycles. The molecule has 134 valence electrons. The van der Waals surface area contributed by atoms with Gasteiger partial charge in [-0.25, -0.2) is 4.39 Å². The molecule has 0 amide bonds. The zero-order chi connectivity index (χ0) is 17.5. The van der Waals surface area contributed by atoms with Crippen molar-refractivity contribution in [2.24, 2.45) is 0 Å². The smallest absolute Gasteiger partial charge is 0.131 e. The lowest BCUT2D eigenvalue weighted by Gasteiger charge is -2.29. The molecule has 2 aromatic carbocycles. The van der Waals surface area contributed by atoms with Crippen molar-refractivity contribution in [3.8, 4) is 0 Å². The number of benzene rings is 2. The van der Waals surface area contributed by atoms with E-state index in [0.29, 0.717) is 0 Å². The Balaban J connectivity index is 1.52. The maximum absolute atomic E-state index is 14.0. The highest BCUT2D eigenvalue weighted by Gasteiger charge is 2.33. The van der Waals surface area contributed by atoms with Gasteiger partial charge in [0.1, 0.15) is 17.7 Å². The molecular weight excluding hydrogens is 327 g/mol. The first-order valence-corrected chi connectivity index (χ1v) is 9.48. The number of ether oxygens (including phenoxy) is 1. The molecule has 0 aromatic heterocycles. The van der Waals surface area contributed by atoms with Gasteiger partial charge >= 0.3 is 0 Å². The Labute approximate surface area is 153 Å². The maximum atomic E-state index is 14.0. The molecule has 1 N–H and O–H groups in total. The van der Waals surface area contributed by atoms with E-state index < -0.39 is 0 Å². The predicted octanol–water partition coefficient (Wildman–Crippen LogP) is 3.29. The van der Waals surface area contributed by atoms with E-state index in [4.69, 9.17) is 4.74 Å². The molecule has 0 bridgehead atoms. The Bertz CT molecular complexity index is 870. The standard InChI is InChI=1S/C22H23FN2O/c23-17-6-5-16-11-15-3-1-2-4-19(15)21-13-18(26-22(21)20(16)12-17)14-25-9-7-24-8-10-25/h1-6,12,18,24H,7-11,13-14H2. The van der Waals surface area contributed by atoms with Crippen molar-refractivity contribution in [1.29, 1.82) is 0 Å². The van der Waals surface area contributed by atoms with Crippen molar-refractivity contribution in [1.82, 2.24) is 10.2 Å². The van der Waals surface area contributed by atoms with E-state index in [1.165, 1.54) is 16.7 Å². The predicted molar refractivity (Wildman–Crippen MR) is 101 cm³/mol. The average Bonchev–Trinajstić information content (AvgIpc) is 3.03. The first-order valence-electron chi connectivity index (χ1n) is 9.48. The third-order valence-corrected chi connectivity index (χ3v) is 5.70. The van der Waals surface area contributed by atoms with Crippen LogP contribution in [0.15, 0.2) is 42.5 Å². The van der Waals surface area contributed by atoms with Crippen LogP contribution in [0.1, 0.15) is 28.7 Å². The molecule has 5 rings (SSSR count). The molecule has 1 unspecified atom stereocenters. The lowest BCUT2D eigenvalue weighted by molar-refractivity contribution is 0.117. The van der Waals surface area contributed by atoms with Crippen molar-refractivity contribution in [2.75, 3.05) is 32.7 Å².